The number of aryl methyl sites for hydroxylation is 3. The quantitative estimate of drug-likeness (QED) is 0.830. The van der Waals surface area contributed by atoms with E-state index in [0.717, 1.165) is 36.6 Å². The molecule has 1 aromatic carbocycles. The van der Waals surface area contributed by atoms with Crippen molar-refractivity contribution in [3.63, 3.8) is 0 Å². The highest BCUT2D eigenvalue weighted by molar-refractivity contribution is 5.58. The summed E-state index contributed by atoms with van der Waals surface area (Å²) in [6.45, 7) is 5.04. The van der Waals surface area contributed by atoms with E-state index in [2.05, 4.69) is 46.8 Å². The van der Waals surface area contributed by atoms with Gasteiger partial charge in [-0.05, 0) is 32.4 Å². The van der Waals surface area contributed by atoms with Crippen molar-refractivity contribution in [1.82, 2.24) is 14.8 Å². The van der Waals surface area contributed by atoms with Crippen LogP contribution < -0.4 is 5.73 Å². The standard InChI is InChI=1S/C14H18N4/c1-9-5-10(2)7-11(6-9)14-17-16-13-4-3-12(15)8-18(13)14/h5-7,12H,3-4,8,15H2,1-2H3. The van der Waals surface area contributed by atoms with Crippen LogP contribution in [0.15, 0.2) is 18.2 Å². The molecule has 0 spiro atoms. The van der Waals surface area contributed by atoms with Crippen molar-refractivity contribution in [2.45, 2.75) is 39.3 Å². The van der Waals surface area contributed by atoms with Gasteiger partial charge in [0, 0.05) is 24.6 Å². The summed E-state index contributed by atoms with van der Waals surface area (Å²) in [7, 11) is 0. The highest BCUT2D eigenvalue weighted by atomic mass is 15.3. The lowest BCUT2D eigenvalue weighted by Crippen LogP contribution is -2.32. The van der Waals surface area contributed by atoms with E-state index < -0.39 is 0 Å². The highest BCUT2D eigenvalue weighted by Gasteiger charge is 2.21. The molecule has 0 amide bonds. The Labute approximate surface area is 107 Å². The van der Waals surface area contributed by atoms with Crippen LogP contribution in [0.2, 0.25) is 0 Å². The number of rotatable bonds is 1. The summed E-state index contributed by atoms with van der Waals surface area (Å²) in [4.78, 5) is 0. The molecule has 0 saturated heterocycles. The second-order valence-electron chi connectivity index (χ2n) is 5.23. The minimum Gasteiger partial charge on any atom is -0.326 e. The van der Waals surface area contributed by atoms with Gasteiger partial charge in [-0.2, -0.15) is 0 Å². The molecule has 0 saturated carbocycles. The molecule has 94 valence electrons. The molecule has 2 N–H and O–H groups in total. The fourth-order valence-electron chi connectivity index (χ4n) is 2.67. The zero-order valence-corrected chi connectivity index (χ0v) is 10.8. The van der Waals surface area contributed by atoms with Gasteiger partial charge in [-0.1, -0.05) is 17.2 Å². The van der Waals surface area contributed by atoms with Crippen LogP contribution in [0.4, 0.5) is 0 Å². The maximum Gasteiger partial charge on any atom is 0.164 e. The van der Waals surface area contributed by atoms with Crippen LogP contribution in [0.3, 0.4) is 0 Å². The molecule has 1 aromatic heterocycles. The van der Waals surface area contributed by atoms with Gasteiger partial charge in [0.15, 0.2) is 5.82 Å². The van der Waals surface area contributed by atoms with E-state index in [-0.39, 0.29) is 6.04 Å². The average Bonchev–Trinajstić information content (AvgIpc) is 2.70. The average molecular weight is 242 g/mol. The zero-order valence-electron chi connectivity index (χ0n) is 10.8. The fourth-order valence-corrected chi connectivity index (χ4v) is 2.67. The van der Waals surface area contributed by atoms with Crippen molar-refractivity contribution in [2.24, 2.45) is 5.73 Å². The Morgan fingerprint density at radius 1 is 1.17 bits per heavy atom. The second-order valence-corrected chi connectivity index (χ2v) is 5.23. The summed E-state index contributed by atoms with van der Waals surface area (Å²) in [6, 6.07) is 6.70. The Hall–Kier alpha value is -1.68. The Morgan fingerprint density at radius 2 is 1.89 bits per heavy atom. The van der Waals surface area contributed by atoms with Gasteiger partial charge in [-0.3, -0.25) is 0 Å². The zero-order chi connectivity index (χ0) is 12.7. The van der Waals surface area contributed by atoms with Gasteiger partial charge in [-0.25, -0.2) is 0 Å². The number of nitrogens with two attached hydrogens (primary N) is 1. The molecule has 1 unspecified atom stereocenters. The first-order valence-corrected chi connectivity index (χ1v) is 6.40. The number of aromatic nitrogens is 3. The van der Waals surface area contributed by atoms with E-state index in [9.17, 15) is 0 Å². The lowest BCUT2D eigenvalue weighted by Gasteiger charge is -2.21. The molecule has 1 aliphatic heterocycles. The molecule has 1 aliphatic rings. The third-order valence-electron chi connectivity index (χ3n) is 3.46. The first-order chi connectivity index (χ1) is 8.63. The van der Waals surface area contributed by atoms with E-state index >= 15 is 0 Å². The lowest BCUT2D eigenvalue weighted by atomic mass is 10.1. The second kappa shape index (κ2) is 4.21. The van der Waals surface area contributed by atoms with Crippen molar-refractivity contribution < 1.29 is 0 Å². The number of fused-ring (bicyclic) bond motifs is 1. The molecular weight excluding hydrogens is 224 g/mol. The van der Waals surface area contributed by atoms with Crippen LogP contribution in [0, 0.1) is 13.8 Å². The normalized spacial score (nSPS) is 18.7. The van der Waals surface area contributed by atoms with Gasteiger partial charge in [-0.15, -0.1) is 10.2 Å². The predicted molar refractivity (Wildman–Crippen MR) is 71.2 cm³/mol. The Balaban J connectivity index is 2.09. The third-order valence-corrected chi connectivity index (χ3v) is 3.46. The number of hydrogen-bond donors (Lipinski definition) is 1. The molecule has 4 heteroatoms. The van der Waals surface area contributed by atoms with Crippen LogP contribution >= 0.6 is 0 Å². The first-order valence-electron chi connectivity index (χ1n) is 6.40. The van der Waals surface area contributed by atoms with E-state index in [1.165, 1.54) is 11.1 Å². The summed E-state index contributed by atoms with van der Waals surface area (Å²) >= 11 is 0. The van der Waals surface area contributed by atoms with E-state index in [0.29, 0.717) is 0 Å². The fraction of sp³-hybridized carbons (Fsp3) is 0.429. The monoisotopic (exact) mass is 242 g/mol. The Morgan fingerprint density at radius 3 is 2.61 bits per heavy atom. The van der Waals surface area contributed by atoms with Crippen molar-refractivity contribution in [3.05, 3.63) is 35.2 Å². The largest absolute Gasteiger partial charge is 0.326 e. The summed E-state index contributed by atoms with van der Waals surface area (Å²) in [5.41, 5.74) is 9.68. The van der Waals surface area contributed by atoms with E-state index in [4.69, 9.17) is 5.73 Å². The van der Waals surface area contributed by atoms with E-state index in [1.807, 2.05) is 0 Å². The molecule has 1 atom stereocenters. The first kappa shape index (κ1) is 11.4. The molecular formula is C14H18N4. The topological polar surface area (TPSA) is 56.7 Å². The number of nitrogens with zero attached hydrogens (tertiary/aromatic N) is 3. The minimum absolute atomic E-state index is 0.221. The lowest BCUT2D eigenvalue weighted by molar-refractivity contribution is 0.456. The van der Waals surface area contributed by atoms with E-state index in [1.54, 1.807) is 0 Å². The molecule has 2 aromatic rings. The molecule has 0 bridgehead atoms. The Kier molecular flexibility index (Phi) is 2.67. The van der Waals surface area contributed by atoms with Crippen molar-refractivity contribution in [2.75, 3.05) is 0 Å². The molecule has 18 heavy (non-hydrogen) atoms. The van der Waals surface area contributed by atoms with Gasteiger partial charge in [0.25, 0.3) is 0 Å². The third kappa shape index (κ3) is 1.93. The van der Waals surface area contributed by atoms with Crippen molar-refractivity contribution in [1.29, 1.82) is 0 Å². The van der Waals surface area contributed by atoms with Crippen molar-refractivity contribution >= 4 is 0 Å². The Bertz CT molecular complexity index is 565. The smallest absolute Gasteiger partial charge is 0.164 e. The molecule has 0 aliphatic carbocycles. The van der Waals surface area contributed by atoms with Gasteiger partial charge in [0.05, 0.1) is 0 Å². The molecule has 3 rings (SSSR count). The predicted octanol–water partition coefficient (Wildman–Crippen LogP) is 1.84. The summed E-state index contributed by atoms with van der Waals surface area (Å²) in [5, 5.41) is 8.63. The van der Waals surface area contributed by atoms with Gasteiger partial charge in [0.1, 0.15) is 5.82 Å². The molecule has 0 fully saturated rings. The highest BCUT2D eigenvalue weighted by Crippen LogP contribution is 2.24. The van der Waals surface area contributed by atoms with Crippen LogP contribution in [-0.2, 0) is 13.0 Å². The minimum atomic E-state index is 0.221. The van der Waals surface area contributed by atoms with Crippen LogP contribution in [-0.4, -0.2) is 20.8 Å². The summed E-state index contributed by atoms with van der Waals surface area (Å²) < 4.78 is 2.17. The maximum atomic E-state index is 6.04. The maximum absolute atomic E-state index is 6.04. The van der Waals surface area contributed by atoms with Gasteiger partial charge >= 0.3 is 0 Å². The molecule has 0 radical (unpaired) electrons. The SMILES string of the molecule is Cc1cc(C)cc(-c2nnc3n2CC(N)CC3)c1. The molecule has 2 heterocycles. The van der Waals surface area contributed by atoms with Gasteiger partial charge in [0.2, 0.25) is 0 Å². The van der Waals surface area contributed by atoms with Crippen molar-refractivity contribution in [3.8, 4) is 11.4 Å². The van der Waals surface area contributed by atoms with Crippen LogP contribution in [0.1, 0.15) is 23.4 Å². The van der Waals surface area contributed by atoms with Crippen LogP contribution in [0.5, 0.6) is 0 Å². The van der Waals surface area contributed by atoms with Crippen LogP contribution in [0.25, 0.3) is 11.4 Å². The summed E-state index contributed by atoms with van der Waals surface area (Å²) in [5.74, 6) is 2.01. The molecule has 4 nitrogen and oxygen atoms in total. The number of hydrogen-bond acceptors (Lipinski definition) is 3. The summed E-state index contributed by atoms with van der Waals surface area (Å²) in [6.07, 6.45) is 1.93. The van der Waals surface area contributed by atoms with Gasteiger partial charge < -0.3 is 10.3 Å². The number of benzene rings is 1.